The Labute approximate surface area is 257 Å². The number of aliphatic imine (C=N–C) groups is 1. The van der Waals surface area contributed by atoms with E-state index in [4.69, 9.17) is 44.4 Å². The molecule has 3 fully saturated rings. The quantitative estimate of drug-likeness (QED) is 0.0848. The molecular formula is C21H29N11O12P2. The van der Waals surface area contributed by atoms with Crippen molar-refractivity contribution < 1.29 is 51.6 Å². The topological polar surface area (TPSA) is 332 Å². The van der Waals surface area contributed by atoms with Crippen LogP contribution in [0.3, 0.4) is 0 Å². The summed E-state index contributed by atoms with van der Waals surface area (Å²) in [6.45, 7) is 1.79. The van der Waals surface area contributed by atoms with Crippen molar-refractivity contribution in [3.05, 3.63) is 28.7 Å². The molecule has 10 N–H and O–H groups in total. The van der Waals surface area contributed by atoms with E-state index in [0.29, 0.717) is 0 Å². The zero-order valence-electron chi connectivity index (χ0n) is 23.6. The zero-order valence-corrected chi connectivity index (χ0v) is 25.4. The summed E-state index contributed by atoms with van der Waals surface area (Å²) < 4.78 is 61.9. The van der Waals surface area contributed by atoms with Gasteiger partial charge in [0.15, 0.2) is 29.5 Å². The third-order valence-corrected chi connectivity index (χ3v) is 9.41. The summed E-state index contributed by atoms with van der Waals surface area (Å²) in [4.78, 5) is 51.7. The number of imidazole rings is 2. The van der Waals surface area contributed by atoms with E-state index in [-0.39, 0.29) is 34.5 Å². The largest absolute Gasteiger partial charge is 0.472 e. The Morgan fingerprint density at radius 3 is 2.39 bits per heavy atom. The van der Waals surface area contributed by atoms with Gasteiger partial charge in [-0.05, 0) is 6.72 Å². The number of aliphatic hydroxyl groups excluding tert-OH is 1. The van der Waals surface area contributed by atoms with Crippen molar-refractivity contribution in [3.8, 4) is 0 Å². The number of nitrogens with one attached hydrogen (secondary N) is 3. The number of hydrogen-bond donors (Lipinski definition) is 8. The molecule has 2 unspecified atom stereocenters. The number of ether oxygens (including phenoxy) is 2. The van der Waals surface area contributed by atoms with Gasteiger partial charge in [0, 0.05) is 7.05 Å². The van der Waals surface area contributed by atoms with E-state index in [1.165, 1.54) is 22.5 Å². The molecule has 0 amide bonds. The number of nitrogens with zero attached hydrogens (tertiary/aromatic N) is 6. The molecule has 250 valence electrons. The van der Waals surface area contributed by atoms with Crippen molar-refractivity contribution in [2.75, 3.05) is 31.3 Å². The third-order valence-electron chi connectivity index (χ3n) is 7.44. The van der Waals surface area contributed by atoms with E-state index in [0.717, 1.165) is 6.33 Å². The molecule has 3 aliphatic rings. The van der Waals surface area contributed by atoms with Crippen LogP contribution in [0.25, 0.3) is 11.2 Å². The first kappa shape index (κ1) is 32.5. The minimum Gasteiger partial charge on any atom is -0.387 e. The lowest BCUT2D eigenvalue weighted by Crippen LogP contribution is -2.43. The Kier molecular flexibility index (Phi) is 8.46. The van der Waals surface area contributed by atoms with Crippen LogP contribution in [0.15, 0.2) is 22.4 Å². The van der Waals surface area contributed by atoms with Gasteiger partial charge in [-0.15, -0.1) is 0 Å². The number of rotatable bonds is 4. The van der Waals surface area contributed by atoms with Crippen molar-refractivity contribution in [2.24, 2.45) is 10.7 Å². The molecule has 46 heavy (non-hydrogen) atoms. The van der Waals surface area contributed by atoms with Gasteiger partial charge in [0.2, 0.25) is 5.95 Å². The number of phosphoric ester groups is 2. The molecule has 0 aromatic carbocycles. The van der Waals surface area contributed by atoms with Crippen molar-refractivity contribution in [1.29, 1.82) is 5.41 Å². The fourth-order valence-electron chi connectivity index (χ4n) is 5.32. The van der Waals surface area contributed by atoms with Crippen LogP contribution in [0.1, 0.15) is 18.1 Å². The first-order valence-corrected chi connectivity index (χ1v) is 16.3. The maximum absolute atomic E-state index is 13.2. The highest BCUT2D eigenvalue weighted by Gasteiger charge is 2.53. The number of amidine groups is 1. The van der Waals surface area contributed by atoms with Gasteiger partial charge in [0.25, 0.3) is 5.56 Å². The second-order valence-corrected chi connectivity index (χ2v) is 13.1. The van der Waals surface area contributed by atoms with Gasteiger partial charge in [-0.1, -0.05) is 0 Å². The smallest absolute Gasteiger partial charge is 0.387 e. The van der Waals surface area contributed by atoms with E-state index in [1.807, 2.05) is 0 Å². The van der Waals surface area contributed by atoms with Gasteiger partial charge in [0.05, 0.1) is 31.9 Å². The summed E-state index contributed by atoms with van der Waals surface area (Å²) in [6, 6.07) is -1.29. The summed E-state index contributed by atoms with van der Waals surface area (Å²) in [5.74, 6) is -0.435. The molecule has 10 atom stereocenters. The predicted molar refractivity (Wildman–Crippen MR) is 154 cm³/mol. The summed E-state index contributed by atoms with van der Waals surface area (Å²) in [5.41, 5.74) is 11.1. The van der Waals surface area contributed by atoms with Crippen molar-refractivity contribution in [2.45, 2.75) is 49.0 Å². The SMILES string of the molecule is C=NC(=N)c1ncn([C@@H]2O[C@@H]3COP(=O)(O)O[C@@H]4[C@H](N)[C@@H](COP(=O)(O)O[C@@H]2[C@@H]3O)O[C@H]4n2cnc3c(=O)[nH]c(N)nc32)c1NC. The number of hydrogen-bond acceptors (Lipinski definition) is 17. The van der Waals surface area contributed by atoms with Gasteiger partial charge < -0.3 is 41.2 Å². The van der Waals surface area contributed by atoms with Crippen molar-refractivity contribution in [1.82, 2.24) is 29.1 Å². The Morgan fingerprint density at radius 1 is 1.11 bits per heavy atom. The maximum atomic E-state index is 13.2. The molecule has 0 radical (unpaired) electrons. The van der Waals surface area contributed by atoms with Crippen LogP contribution in [0.2, 0.25) is 0 Å². The monoisotopic (exact) mass is 689 g/mol. The minimum absolute atomic E-state index is 0.0292. The van der Waals surface area contributed by atoms with Crippen LogP contribution in [-0.2, 0) is 36.7 Å². The van der Waals surface area contributed by atoms with Gasteiger partial charge in [-0.3, -0.25) is 42.4 Å². The highest BCUT2D eigenvalue weighted by atomic mass is 31.2. The van der Waals surface area contributed by atoms with E-state index in [1.54, 1.807) is 0 Å². The molecule has 3 saturated heterocycles. The Balaban J connectivity index is 1.34. The number of fused-ring (bicyclic) bond motifs is 5. The predicted octanol–water partition coefficient (Wildman–Crippen LogP) is -1.83. The second kappa shape index (κ2) is 12.0. The van der Waals surface area contributed by atoms with E-state index in [9.17, 15) is 28.8 Å². The summed E-state index contributed by atoms with van der Waals surface area (Å²) in [6.07, 6.45) is -8.10. The maximum Gasteiger partial charge on any atom is 0.472 e. The normalized spacial score (nSPS) is 36.8. The standard InChI is InChI=1S/C21H29N11O12P2/c1-25-15(23)10-16(26-2)31(5-27-10)20-14-12(33)8(42-20)4-40-45(35,36)43-13-9(22)7(3-39-46(37,38)44-14)41-19(13)32-6-28-11-17(32)29-21(24)30-18(11)34/h5-9,12-14,19-20,23,26,33H,1,3-4,22H2,2H3,(H,35,36)(H,37,38)(H3,24,29,30,34)/t7-,8-,9-,12-,13-,14-,19-,20-/m1/s1. The van der Waals surface area contributed by atoms with Crippen molar-refractivity contribution >= 4 is 51.1 Å². The Hall–Kier alpha value is -3.44. The lowest BCUT2D eigenvalue weighted by molar-refractivity contribution is -0.0677. The van der Waals surface area contributed by atoms with Crippen molar-refractivity contribution in [3.63, 3.8) is 0 Å². The van der Waals surface area contributed by atoms with Crippen LogP contribution in [0.5, 0.6) is 0 Å². The van der Waals surface area contributed by atoms with E-state index in [2.05, 4.69) is 37.0 Å². The molecule has 3 aliphatic heterocycles. The molecular weight excluding hydrogens is 660 g/mol. The molecule has 3 aromatic heterocycles. The molecule has 0 spiro atoms. The molecule has 4 bridgehead atoms. The molecule has 0 aliphatic carbocycles. The van der Waals surface area contributed by atoms with Gasteiger partial charge >= 0.3 is 15.6 Å². The highest BCUT2D eigenvalue weighted by Crippen LogP contribution is 2.53. The lowest BCUT2D eigenvalue weighted by Gasteiger charge is -2.26. The number of anilines is 2. The zero-order chi connectivity index (χ0) is 33.1. The second-order valence-electron chi connectivity index (χ2n) is 10.2. The molecule has 23 nitrogen and oxygen atoms in total. The number of phosphoric acid groups is 2. The van der Waals surface area contributed by atoms with Gasteiger partial charge in [0.1, 0.15) is 42.0 Å². The van der Waals surface area contributed by atoms with E-state index < -0.39 is 83.4 Å². The molecule has 0 saturated carbocycles. The van der Waals surface area contributed by atoms with E-state index >= 15 is 0 Å². The number of H-pyrrole nitrogens is 1. The minimum atomic E-state index is -5.04. The molecule has 6 rings (SSSR count). The lowest BCUT2D eigenvalue weighted by atomic mass is 10.1. The number of nitrogen functional groups attached to an aromatic ring is 1. The van der Waals surface area contributed by atoms with Gasteiger partial charge in [-0.2, -0.15) is 4.98 Å². The van der Waals surface area contributed by atoms with Crippen LogP contribution in [0.4, 0.5) is 11.8 Å². The summed E-state index contributed by atoms with van der Waals surface area (Å²) >= 11 is 0. The number of nitrogens with two attached hydrogens (primary N) is 2. The first-order valence-electron chi connectivity index (χ1n) is 13.3. The molecule has 6 heterocycles. The van der Waals surface area contributed by atoms with Gasteiger partial charge in [-0.25, -0.2) is 24.1 Å². The fourth-order valence-corrected chi connectivity index (χ4v) is 7.20. The average Bonchev–Trinajstić information content (AvgIpc) is 3.75. The summed E-state index contributed by atoms with van der Waals surface area (Å²) in [5, 5.41) is 21.9. The summed E-state index contributed by atoms with van der Waals surface area (Å²) in [7, 11) is -8.58. The van der Waals surface area contributed by atoms with Crippen LogP contribution in [0, 0.1) is 5.41 Å². The van der Waals surface area contributed by atoms with Crippen LogP contribution < -0.4 is 22.3 Å². The highest BCUT2D eigenvalue weighted by molar-refractivity contribution is 7.47. The van der Waals surface area contributed by atoms with Crippen LogP contribution >= 0.6 is 15.6 Å². The Morgan fingerprint density at radius 2 is 1.72 bits per heavy atom. The number of aliphatic hydroxyl groups is 1. The molecule has 25 heteroatoms. The number of aromatic nitrogens is 6. The fraction of sp³-hybridized carbons (Fsp3) is 0.524. The average molecular weight is 689 g/mol. The first-order chi connectivity index (χ1) is 21.7. The number of aromatic amines is 1. The van der Waals surface area contributed by atoms with Crippen LogP contribution in [-0.4, -0.2) is 113 Å². The third kappa shape index (κ3) is 5.81. The molecule has 3 aromatic rings. The Bertz CT molecular complexity index is 1830.